The maximum atomic E-state index is 14.2. The van der Waals surface area contributed by atoms with Crippen molar-refractivity contribution in [3.63, 3.8) is 0 Å². The fourth-order valence-corrected chi connectivity index (χ4v) is 6.89. The molecule has 2 heterocycles. The normalized spacial score (nSPS) is 16.5. The van der Waals surface area contributed by atoms with E-state index >= 15 is 0 Å². The zero-order valence-corrected chi connectivity index (χ0v) is 23.2. The second-order valence-electron chi connectivity index (χ2n) is 9.16. The van der Waals surface area contributed by atoms with Crippen LogP contribution < -0.4 is 4.74 Å². The molecule has 0 radical (unpaired) electrons. The van der Waals surface area contributed by atoms with Crippen LogP contribution in [0.3, 0.4) is 0 Å². The van der Waals surface area contributed by atoms with Gasteiger partial charge in [-0.05, 0) is 65.7 Å². The van der Waals surface area contributed by atoms with Crippen molar-refractivity contribution in [1.82, 2.24) is 9.21 Å². The summed E-state index contributed by atoms with van der Waals surface area (Å²) >= 11 is 7.57. The summed E-state index contributed by atoms with van der Waals surface area (Å²) in [7, 11) is -3.94. The van der Waals surface area contributed by atoms with E-state index in [1.54, 1.807) is 34.4 Å². The first-order valence-electron chi connectivity index (χ1n) is 12.2. The van der Waals surface area contributed by atoms with Crippen LogP contribution in [0.25, 0.3) is 0 Å². The van der Waals surface area contributed by atoms with Gasteiger partial charge in [-0.15, -0.1) is 11.3 Å². The molecule has 0 fully saturated rings. The van der Waals surface area contributed by atoms with Crippen LogP contribution in [0.2, 0.25) is 5.02 Å². The summed E-state index contributed by atoms with van der Waals surface area (Å²) in [5.74, 6) is -0.629. The first-order chi connectivity index (χ1) is 17.7. The summed E-state index contributed by atoms with van der Waals surface area (Å²) < 4.78 is 48.4. The first kappa shape index (κ1) is 27.6. The predicted molar refractivity (Wildman–Crippen MR) is 144 cm³/mol. The van der Waals surface area contributed by atoms with Gasteiger partial charge in [-0.3, -0.25) is 4.79 Å². The molecule has 1 aliphatic rings. The van der Waals surface area contributed by atoms with Gasteiger partial charge in [0.25, 0.3) is 0 Å². The van der Waals surface area contributed by atoms with E-state index in [4.69, 9.17) is 16.3 Å². The van der Waals surface area contributed by atoms with E-state index in [0.29, 0.717) is 18.0 Å². The molecule has 10 heteroatoms. The molecule has 2 aromatic carbocycles. The number of hydrogen-bond donors (Lipinski definition) is 0. The van der Waals surface area contributed by atoms with Gasteiger partial charge in [0.05, 0.1) is 17.5 Å². The number of ether oxygens (including phenoxy) is 1. The fraction of sp³-hybridized carbons (Fsp3) is 0.370. The Morgan fingerprint density at radius 2 is 1.95 bits per heavy atom. The Bertz CT molecular complexity index is 1330. The first-order valence-corrected chi connectivity index (χ1v) is 14.9. The molecule has 1 amide bonds. The molecule has 37 heavy (non-hydrogen) atoms. The number of para-hydroxylation sites is 1. The second kappa shape index (κ2) is 11.9. The number of halogens is 2. The number of benzene rings is 2. The average molecular weight is 565 g/mol. The Balaban J connectivity index is 1.59. The minimum Gasteiger partial charge on any atom is -0.488 e. The molecule has 0 saturated heterocycles. The van der Waals surface area contributed by atoms with Crippen LogP contribution in [0.15, 0.2) is 64.9 Å². The highest BCUT2D eigenvalue weighted by molar-refractivity contribution is 7.89. The summed E-state index contributed by atoms with van der Waals surface area (Å²) in [5.41, 5.74) is 0.954. The lowest BCUT2D eigenvalue weighted by molar-refractivity contribution is -0.135. The second-order valence-corrected chi connectivity index (χ2v) is 12.5. The van der Waals surface area contributed by atoms with Gasteiger partial charge in [0.1, 0.15) is 6.61 Å². The third-order valence-electron chi connectivity index (χ3n) is 6.62. The lowest BCUT2D eigenvalue weighted by Crippen LogP contribution is -2.48. The summed E-state index contributed by atoms with van der Waals surface area (Å²) in [5, 5.41) is 2.40. The van der Waals surface area contributed by atoms with Gasteiger partial charge in [-0.2, -0.15) is 4.31 Å². The Morgan fingerprint density at radius 1 is 1.22 bits per heavy atom. The van der Waals surface area contributed by atoms with E-state index in [0.717, 1.165) is 16.9 Å². The number of carbonyl (C=O) groups excluding carboxylic acids is 1. The molecule has 6 nitrogen and oxygen atoms in total. The van der Waals surface area contributed by atoms with Gasteiger partial charge >= 0.3 is 0 Å². The number of sulfonamides is 1. The molecular weight excluding hydrogens is 535 g/mol. The zero-order valence-electron chi connectivity index (χ0n) is 20.8. The zero-order chi connectivity index (χ0) is 26.6. The topological polar surface area (TPSA) is 66.9 Å². The van der Waals surface area contributed by atoms with E-state index in [9.17, 15) is 17.6 Å². The van der Waals surface area contributed by atoms with E-state index in [1.807, 2.05) is 25.3 Å². The van der Waals surface area contributed by atoms with Crippen LogP contribution in [0.4, 0.5) is 4.39 Å². The van der Waals surface area contributed by atoms with Gasteiger partial charge in [-0.1, -0.05) is 44.0 Å². The maximum absolute atomic E-state index is 14.2. The van der Waals surface area contributed by atoms with Crippen molar-refractivity contribution in [3.8, 4) is 5.75 Å². The van der Waals surface area contributed by atoms with Gasteiger partial charge in [0.15, 0.2) is 11.6 Å². The van der Waals surface area contributed by atoms with Crippen molar-refractivity contribution in [1.29, 1.82) is 0 Å². The number of rotatable bonds is 10. The predicted octanol–water partition coefficient (Wildman–Crippen LogP) is 5.78. The number of nitrogens with zero attached hydrogens (tertiary/aromatic N) is 2. The van der Waals surface area contributed by atoms with Crippen molar-refractivity contribution in [3.05, 3.63) is 81.3 Å². The van der Waals surface area contributed by atoms with E-state index in [-0.39, 0.29) is 42.2 Å². The quantitative estimate of drug-likeness (QED) is 0.313. The number of fused-ring (bicyclic) bond motifs is 1. The standard InChI is InChI=1S/C27H30ClFN2O4S2/c1-3-19(2)16-30(37(33,34)21-10-8-20(28)9-11-21)17-27(32)31-14-12-26-22(13-15-36-26)24(31)18-35-25-7-5-4-6-23(25)29/h4-11,13,15,19,24H,3,12,14,16-18H2,1-2H3. The van der Waals surface area contributed by atoms with Crippen LogP contribution in [0.5, 0.6) is 5.75 Å². The van der Waals surface area contributed by atoms with Crippen LogP contribution in [-0.4, -0.2) is 49.8 Å². The minimum absolute atomic E-state index is 0.0555. The molecule has 2 unspecified atom stereocenters. The summed E-state index contributed by atoms with van der Waals surface area (Å²) in [4.78, 5) is 16.6. The van der Waals surface area contributed by atoms with Crippen LogP contribution in [0, 0.1) is 11.7 Å². The molecule has 0 N–H and O–H groups in total. The lowest BCUT2D eigenvalue weighted by Gasteiger charge is -2.37. The summed E-state index contributed by atoms with van der Waals surface area (Å²) in [6, 6.07) is 13.6. The Morgan fingerprint density at radius 3 is 2.65 bits per heavy atom. The van der Waals surface area contributed by atoms with Crippen LogP contribution in [-0.2, 0) is 21.2 Å². The number of amides is 1. The third-order valence-corrected chi connectivity index (χ3v) is 9.70. The summed E-state index contributed by atoms with van der Waals surface area (Å²) in [6.45, 7) is 4.34. The van der Waals surface area contributed by atoms with Crippen LogP contribution in [0.1, 0.15) is 36.8 Å². The number of carbonyl (C=O) groups is 1. The van der Waals surface area contributed by atoms with Gasteiger partial charge in [0.2, 0.25) is 15.9 Å². The van der Waals surface area contributed by atoms with Crippen molar-refractivity contribution < 1.29 is 22.3 Å². The third kappa shape index (κ3) is 6.34. The van der Waals surface area contributed by atoms with E-state index < -0.39 is 21.9 Å². The van der Waals surface area contributed by atoms with Gasteiger partial charge < -0.3 is 9.64 Å². The van der Waals surface area contributed by atoms with Gasteiger partial charge in [-0.25, -0.2) is 12.8 Å². The molecule has 198 valence electrons. The van der Waals surface area contributed by atoms with Gasteiger partial charge in [0, 0.05) is 23.0 Å². The molecule has 3 aromatic rings. The van der Waals surface area contributed by atoms with Crippen LogP contribution >= 0.6 is 22.9 Å². The van der Waals surface area contributed by atoms with E-state index in [2.05, 4.69) is 0 Å². The minimum atomic E-state index is -3.94. The largest absolute Gasteiger partial charge is 0.488 e. The molecular formula is C27H30ClFN2O4S2. The Kier molecular flexibility index (Phi) is 8.90. The molecule has 2 atom stereocenters. The van der Waals surface area contributed by atoms with E-state index in [1.165, 1.54) is 34.6 Å². The SMILES string of the molecule is CCC(C)CN(CC(=O)N1CCc2sccc2C1COc1ccccc1F)S(=O)(=O)c1ccc(Cl)cc1. The molecule has 0 spiro atoms. The van der Waals surface area contributed by atoms with Crippen molar-refractivity contribution >= 4 is 38.9 Å². The molecule has 1 aliphatic heterocycles. The average Bonchev–Trinajstić information content (AvgIpc) is 3.37. The molecule has 4 rings (SSSR count). The molecule has 1 aromatic heterocycles. The number of thiophene rings is 1. The Labute approximate surface area is 226 Å². The molecule has 0 aliphatic carbocycles. The lowest BCUT2D eigenvalue weighted by atomic mass is 10.0. The Hall–Kier alpha value is -2.46. The van der Waals surface area contributed by atoms with Crippen molar-refractivity contribution in [2.24, 2.45) is 5.92 Å². The van der Waals surface area contributed by atoms with Crippen molar-refractivity contribution in [2.45, 2.75) is 37.6 Å². The number of hydrogen-bond acceptors (Lipinski definition) is 5. The highest BCUT2D eigenvalue weighted by Crippen LogP contribution is 2.34. The molecule has 0 saturated carbocycles. The maximum Gasteiger partial charge on any atom is 0.243 e. The monoisotopic (exact) mass is 564 g/mol. The highest BCUT2D eigenvalue weighted by atomic mass is 35.5. The summed E-state index contributed by atoms with van der Waals surface area (Å²) in [6.07, 6.45) is 1.44. The van der Waals surface area contributed by atoms with Crippen molar-refractivity contribution in [2.75, 3.05) is 26.2 Å². The molecule has 0 bridgehead atoms. The highest BCUT2D eigenvalue weighted by Gasteiger charge is 2.35. The smallest absolute Gasteiger partial charge is 0.243 e. The fourth-order valence-electron chi connectivity index (χ4n) is 4.33.